The van der Waals surface area contributed by atoms with Crippen molar-refractivity contribution < 1.29 is 4.79 Å². The number of pyridine rings is 1. The smallest absolute Gasteiger partial charge is 0.220 e. The number of rotatable bonds is 5. The summed E-state index contributed by atoms with van der Waals surface area (Å²) in [5.41, 5.74) is 1.09. The van der Waals surface area contributed by atoms with Crippen molar-refractivity contribution in [2.45, 2.75) is 32.7 Å². The van der Waals surface area contributed by atoms with Crippen LogP contribution in [0.15, 0.2) is 35.7 Å². The molecule has 28 heavy (non-hydrogen) atoms. The van der Waals surface area contributed by atoms with Gasteiger partial charge in [0.05, 0.1) is 0 Å². The Morgan fingerprint density at radius 1 is 1.29 bits per heavy atom. The van der Waals surface area contributed by atoms with E-state index in [-0.39, 0.29) is 5.91 Å². The van der Waals surface area contributed by atoms with Crippen LogP contribution in [0.5, 0.6) is 0 Å². The summed E-state index contributed by atoms with van der Waals surface area (Å²) in [5.74, 6) is 3.26. The zero-order valence-corrected chi connectivity index (χ0v) is 16.9. The number of aliphatic imine (C=N–C) groups is 1. The Hall–Kier alpha value is -2.90. The first-order chi connectivity index (χ1) is 13.6. The highest BCUT2D eigenvalue weighted by molar-refractivity contribution is 5.80. The summed E-state index contributed by atoms with van der Waals surface area (Å²) in [6, 6.07) is 4.07. The first-order valence-corrected chi connectivity index (χ1v) is 9.72. The SMILES string of the molecule is CN=C(NCc1ccc(-n2ccnc2C)nc1)N1CCC(CC(=O)NC)CC1. The van der Waals surface area contributed by atoms with Crippen molar-refractivity contribution in [3.63, 3.8) is 0 Å². The second kappa shape index (κ2) is 9.34. The number of amides is 1. The minimum absolute atomic E-state index is 0.128. The van der Waals surface area contributed by atoms with Crippen LogP contribution >= 0.6 is 0 Å². The molecule has 0 radical (unpaired) electrons. The number of imidazole rings is 1. The molecular formula is C20H29N7O. The summed E-state index contributed by atoms with van der Waals surface area (Å²) in [4.78, 5) is 27.0. The van der Waals surface area contributed by atoms with E-state index in [2.05, 4.69) is 36.6 Å². The van der Waals surface area contributed by atoms with Crippen LogP contribution in [-0.2, 0) is 11.3 Å². The van der Waals surface area contributed by atoms with E-state index in [1.54, 1.807) is 13.2 Å². The molecule has 8 nitrogen and oxygen atoms in total. The lowest BCUT2D eigenvalue weighted by molar-refractivity contribution is -0.121. The molecule has 0 aliphatic carbocycles. The Morgan fingerprint density at radius 2 is 2.07 bits per heavy atom. The normalized spacial score (nSPS) is 15.5. The van der Waals surface area contributed by atoms with Gasteiger partial charge in [-0.1, -0.05) is 6.07 Å². The Kier molecular flexibility index (Phi) is 6.62. The van der Waals surface area contributed by atoms with Crippen molar-refractivity contribution in [1.82, 2.24) is 30.1 Å². The molecule has 3 heterocycles. The first kappa shape index (κ1) is 19.9. The Bertz CT molecular complexity index is 804. The van der Waals surface area contributed by atoms with Crippen molar-refractivity contribution in [1.29, 1.82) is 0 Å². The van der Waals surface area contributed by atoms with Gasteiger partial charge in [0.1, 0.15) is 11.6 Å². The second-order valence-corrected chi connectivity index (χ2v) is 7.08. The fraction of sp³-hybridized carbons (Fsp3) is 0.500. The van der Waals surface area contributed by atoms with Crippen LogP contribution in [0, 0.1) is 12.8 Å². The van der Waals surface area contributed by atoms with Crippen molar-refractivity contribution in [2.75, 3.05) is 27.2 Å². The lowest BCUT2D eigenvalue weighted by atomic mass is 9.93. The number of hydrogen-bond donors (Lipinski definition) is 2. The number of aryl methyl sites for hydroxylation is 1. The minimum atomic E-state index is 0.128. The summed E-state index contributed by atoms with van der Waals surface area (Å²) in [6.45, 7) is 4.46. The van der Waals surface area contributed by atoms with Crippen LogP contribution in [0.1, 0.15) is 30.7 Å². The third-order valence-electron chi connectivity index (χ3n) is 5.21. The van der Waals surface area contributed by atoms with Crippen LogP contribution in [0.25, 0.3) is 5.82 Å². The van der Waals surface area contributed by atoms with Gasteiger partial charge in [-0.2, -0.15) is 0 Å². The third kappa shape index (κ3) is 4.88. The highest BCUT2D eigenvalue weighted by Crippen LogP contribution is 2.20. The van der Waals surface area contributed by atoms with Crippen LogP contribution in [-0.4, -0.2) is 58.5 Å². The van der Waals surface area contributed by atoms with Crippen molar-refractivity contribution in [3.8, 4) is 5.82 Å². The number of piperidine rings is 1. The Morgan fingerprint density at radius 3 is 2.64 bits per heavy atom. The monoisotopic (exact) mass is 383 g/mol. The molecule has 1 aliphatic rings. The number of aromatic nitrogens is 3. The molecule has 0 spiro atoms. The maximum Gasteiger partial charge on any atom is 0.220 e. The molecule has 0 saturated carbocycles. The molecule has 0 unspecified atom stereocenters. The number of likely N-dealkylation sites (tertiary alicyclic amines) is 1. The standard InChI is InChI=1S/C20H29N7O/c1-15-23-8-11-27(15)18-5-4-17(13-24-18)14-25-20(22-3)26-9-6-16(7-10-26)12-19(28)21-2/h4-5,8,11,13,16H,6-7,9-10,12,14H2,1-3H3,(H,21,28)(H,22,25). The predicted octanol–water partition coefficient (Wildman–Crippen LogP) is 1.50. The van der Waals surface area contributed by atoms with Crippen molar-refractivity contribution in [3.05, 3.63) is 42.1 Å². The summed E-state index contributed by atoms with van der Waals surface area (Å²) in [6.07, 6.45) is 8.19. The largest absolute Gasteiger partial charge is 0.359 e. The van der Waals surface area contributed by atoms with Crippen LogP contribution < -0.4 is 10.6 Å². The third-order valence-corrected chi connectivity index (χ3v) is 5.21. The average Bonchev–Trinajstić information content (AvgIpc) is 3.16. The van der Waals surface area contributed by atoms with E-state index in [0.717, 1.165) is 49.1 Å². The molecule has 8 heteroatoms. The minimum Gasteiger partial charge on any atom is -0.359 e. The highest BCUT2D eigenvalue weighted by Gasteiger charge is 2.23. The van der Waals surface area contributed by atoms with Gasteiger partial charge >= 0.3 is 0 Å². The van der Waals surface area contributed by atoms with Gasteiger partial charge in [0, 0.05) is 58.7 Å². The zero-order valence-electron chi connectivity index (χ0n) is 16.9. The number of hydrogen-bond acceptors (Lipinski definition) is 4. The van der Waals surface area contributed by atoms with Gasteiger partial charge in [0.15, 0.2) is 5.96 Å². The van der Waals surface area contributed by atoms with E-state index in [4.69, 9.17) is 0 Å². The number of guanidine groups is 1. The molecule has 2 aromatic heterocycles. The maximum absolute atomic E-state index is 11.6. The number of nitrogens with one attached hydrogen (secondary N) is 2. The van der Waals surface area contributed by atoms with Gasteiger partial charge < -0.3 is 15.5 Å². The Balaban J connectivity index is 1.51. The molecule has 150 valence electrons. The van der Waals surface area contributed by atoms with E-state index in [1.807, 2.05) is 37.0 Å². The molecule has 0 bridgehead atoms. The fourth-order valence-corrected chi connectivity index (χ4v) is 3.51. The molecule has 1 amide bonds. The molecule has 0 atom stereocenters. The maximum atomic E-state index is 11.6. The first-order valence-electron chi connectivity index (χ1n) is 9.72. The molecule has 1 aliphatic heterocycles. The van der Waals surface area contributed by atoms with Gasteiger partial charge in [0.25, 0.3) is 0 Å². The van der Waals surface area contributed by atoms with E-state index in [9.17, 15) is 4.79 Å². The molecule has 2 aromatic rings. The molecular weight excluding hydrogens is 354 g/mol. The van der Waals surface area contributed by atoms with Gasteiger partial charge in [-0.15, -0.1) is 0 Å². The molecule has 3 rings (SSSR count). The number of nitrogens with zero attached hydrogens (tertiary/aromatic N) is 5. The van der Waals surface area contributed by atoms with E-state index < -0.39 is 0 Å². The topological polar surface area (TPSA) is 87.4 Å². The summed E-state index contributed by atoms with van der Waals surface area (Å²) >= 11 is 0. The quantitative estimate of drug-likeness (QED) is 0.604. The summed E-state index contributed by atoms with van der Waals surface area (Å²) < 4.78 is 1.96. The van der Waals surface area contributed by atoms with Gasteiger partial charge in [-0.25, -0.2) is 9.97 Å². The predicted molar refractivity (Wildman–Crippen MR) is 109 cm³/mol. The van der Waals surface area contributed by atoms with Crippen LogP contribution in [0.3, 0.4) is 0 Å². The highest BCUT2D eigenvalue weighted by atomic mass is 16.1. The molecule has 0 aromatic carbocycles. The van der Waals surface area contributed by atoms with E-state index >= 15 is 0 Å². The second-order valence-electron chi connectivity index (χ2n) is 7.08. The van der Waals surface area contributed by atoms with Gasteiger partial charge in [0.2, 0.25) is 5.91 Å². The Labute approximate surface area is 166 Å². The lowest BCUT2D eigenvalue weighted by Gasteiger charge is -2.34. The lowest BCUT2D eigenvalue weighted by Crippen LogP contribution is -2.45. The van der Waals surface area contributed by atoms with Crippen molar-refractivity contribution in [2.24, 2.45) is 10.9 Å². The summed E-state index contributed by atoms with van der Waals surface area (Å²) in [7, 11) is 3.50. The fourth-order valence-electron chi connectivity index (χ4n) is 3.51. The van der Waals surface area contributed by atoms with E-state index in [1.165, 1.54) is 0 Å². The summed E-state index contributed by atoms with van der Waals surface area (Å²) in [5, 5.41) is 6.14. The van der Waals surface area contributed by atoms with Crippen molar-refractivity contribution >= 4 is 11.9 Å². The van der Waals surface area contributed by atoms with Gasteiger partial charge in [-0.05, 0) is 37.3 Å². The van der Waals surface area contributed by atoms with Crippen LogP contribution in [0.2, 0.25) is 0 Å². The average molecular weight is 384 g/mol. The molecule has 2 N–H and O–H groups in total. The van der Waals surface area contributed by atoms with Crippen LogP contribution in [0.4, 0.5) is 0 Å². The van der Waals surface area contributed by atoms with Gasteiger partial charge in [-0.3, -0.25) is 14.4 Å². The number of carbonyl (C=O) groups excluding carboxylic acids is 1. The van der Waals surface area contributed by atoms with E-state index in [0.29, 0.717) is 18.9 Å². The molecule has 1 saturated heterocycles. The zero-order chi connectivity index (χ0) is 19.9. The number of carbonyl (C=O) groups is 1. The molecule has 1 fully saturated rings.